The van der Waals surface area contributed by atoms with Gasteiger partial charge in [-0.3, -0.25) is 9.48 Å². The summed E-state index contributed by atoms with van der Waals surface area (Å²) in [5, 5.41) is 7.08. The molecular formula is C19H26N6O4S. The third-order valence-corrected chi connectivity index (χ3v) is 7.33. The van der Waals surface area contributed by atoms with Crippen LogP contribution in [0.5, 0.6) is 0 Å². The van der Waals surface area contributed by atoms with E-state index in [1.54, 1.807) is 36.3 Å². The average molecular weight is 435 g/mol. The Morgan fingerprint density at radius 2 is 1.87 bits per heavy atom. The molecule has 0 atom stereocenters. The minimum Gasteiger partial charge on any atom is -0.379 e. The molecule has 2 aromatic heterocycles. The Morgan fingerprint density at radius 1 is 1.13 bits per heavy atom. The third kappa shape index (κ3) is 4.47. The Bertz CT molecular complexity index is 977. The van der Waals surface area contributed by atoms with Crippen LogP contribution < -0.4 is 10.2 Å². The molecule has 0 bridgehead atoms. The van der Waals surface area contributed by atoms with Crippen molar-refractivity contribution in [3.05, 3.63) is 36.3 Å². The normalized spacial score (nSPS) is 19.0. The number of aryl methyl sites for hydroxylation is 1. The fourth-order valence-corrected chi connectivity index (χ4v) is 5.06. The van der Waals surface area contributed by atoms with Gasteiger partial charge in [0.1, 0.15) is 10.7 Å². The Kier molecular flexibility index (Phi) is 6.02. The van der Waals surface area contributed by atoms with Gasteiger partial charge in [0.2, 0.25) is 10.0 Å². The largest absolute Gasteiger partial charge is 0.379 e. The number of pyridine rings is 1. The number of aromatic nitrogens is 3. The van der Waals surface area contributed by atoms with E-state index in [0.29, 0.717) is 31.9 Å². The Morgan fingerprint density at radius 3 is 2.47 bits per heavy atom. The van der Waals surface area contributed by atoms with Crippen LogP contribution in [-0.2, 0) is 21.8 Å². The average Bonchev–Trinajstić information content (AvgIpc) is 3.21. The number of ether oxygens (including phenoxy) is 1. The van der Waals surface area contributed by atoms with Crippen molar-refractivity contribution in [2.24, 2.45) is 7.05 Å². The summed E-state index contributed by atoms with van der Waals surface area (Å²) in [6.07, 6.45) is 6.27. The zero-order valence-electron chi connectivity index (χ0n) is 16.9. The van der Waals surface area contributed by atoms with Crippen molar-refractivity contribution in [2.75, 3.05) is 44.3 Å². The maximum absolute atomic E-state index is 12.7. The summed E-state index contributed by atoms with van der Waals surface area (Å²) in [6, 6.07) is 3.46. The molecule has 1 amide bonds. The lowest BCUT2D eigenvalue weighted by atomic mass is 10.0. The number of nitrogens with one attached hydrogen (secondary N) is 1. The van der Waals surface area contributed by atoms with Crippen LogP contribution in [0.4, 0.5) is 5.82 Å². The first-order valence-corrected chi connectivity index (χ1v) is 11.5. The monoisotopic (exact) mass is 434 g/mol. The molecule has 2 aromatic rings. The molecule has 0 saturated carbocycles. The van der Waals surface area contributed by atoms with E-state index in [0.717, 1.165) is 31.7 Å². The maximum Gasteiger partial charge on any atom is 0.254 e. The zero-order valence-corrected chi connectivity index (χ0v) is 17.7. The first-order chi connectivity index (χ1) is 14.4. The SMILES string of the molecule is Cn1cc(C(=O)NC2CCN(c3ccc(S(=O)(=O)N4CCOCC4)cn3)CC2)cn1. The van der Waals surface area contributed by atoms with E-state index < -0.39 is 10.0 Å². The lowest BCUT2D eigenvalue weighted by molar-refractivity contribution is 0.0730. The van der Waals surface area contributed by atoms with Gasteiger partial charge in [0.15, 0.2) is 0 Å². The summed E-state index contributed by atoms with van der Waals surface area (Å²) in [7, 11) is -1.76. The van der Waals surface area contributed by atoms with Crippen molar-refractivity contribution in [1.82, 2.24) is 24.4 Å². The fourth-order valence-electron chi connectivity index (χ4n) is 3.71. The van der Waals surface area contributed by atoms with Gasteiger partial charge in [-0.1, -0.05) is 0 Å². The number of amides is 1. The third-order valence-electron chi connectivity index (χ3n) is 5.45. The molecule has 0 unspecified atom stereocenters. The highest BCUT2D eigenvalue weighted by Gasteiger charge is 2.27. The van der Waals surface area contributed by atoms with Crippen molar-refractivity contribution in [2.45, 2.75) is 23.8 Å². The zero-order chi connectivity index (χ0) is 21.1. The highest BCUT2D eigenvalue weighted by molar-refractivity contribution is 7.89. The second kappa shape index (κ2) is 8.70. The second-order valence-corrected chi connectivity index (χ2v) is 9.44. The van der Waals surface area contributed by atoms with Gasteiger partial charge in [0, 0.05) is 51.7 Å². The molecule has 30 heavy (non-hydrogen) atoms. The molecule has 10 nitrogen and oxygen atoms in total. The standard InChI is InChI=1S/C19H26N6O4S/c1-23-14-15(12-21-23)19(26)22-16-4-6-24(7-5-16)18-3-2-17(13-20-18)30(27,28)25-8-10-29-11-9-25/h2-3,12-14,16H,4-11H2,1H3,(H,22,26). The molecule has 162 valence electrons. The van der Waals surface area contributed by atoms with Gasteiger partial charge in [0.05, 0.1) is 25.0 Å². The van der Waals surface area contributed by atoms with E-state index in [-0.39, 0.29) is 16.8 Å². The lowest BCUT2D eigenvalue weighted by Crippen LogP contribution is -2.45. The number of morpholine rings is 1. The van der Waals surface area contributed by atoms with Gasteiger partial charge in [-0.25, -0.2) is 13.4 Å². The molecule has 2 saturated heterocycles. The predicted molar refractivity (Wildman–Crippen MR) is 110 cm³/mol. The number of hydrogen-bond acceptors (Lipinski definition) is 7. The van der Waals surface area contributed by atoms with Crippen LogP contribution in [0.3, 0.4) is 0 Å². The molecule has 2 aliphatic heterocycles. The molecule has 11 heteroatoms. The van der Waals surface area contributed by atoms with Crippen LogP contribution in [0.25, 0.3) is 0 Å². The van der Waals surface area contributed by atoms with Gasteiger partial charge in [-0.2, -0.15) is 9.40 Å². The number of anilines is 1. The van der Waals surface area contributed by atoms with Gasteiger partial charge in [-0.05, 0) is 25.0 Å². The molecule has 4 rings (SSSR count). The summed E-state index contributed by atoms with van der Waals surface area (Å²) in [4.78, 5) is 19.0. The van der Waals surface area contributed by atoms with Gasteiger partial charge >= 0.3 is 0 Å². The smallest absolute Gasteiger partial charge is 0.254 e. The summed E-state index contributed by atoms with van der Waals surface area (Å²) in [6.45, 7) is 3.03. The van der Waals surface area contributed by atoms with E-state index in [1.165, 1.54) is 10.5 Å². The predicted octanol–water partition coefficient (Wildman–Crippen LogP) is 0.235. The summed E-state index contributed by atoms with van der Waals surface area (Å²) in [5.74, 6) is 0.630. The number of rotatable bonds is 5. The molecule has 0 radical (unpaired) electrons. The summed E-state index contributed by atoms with van der Waals surface area (Å²) < 4.78 is 33.7. The number of carbonyl (C=O) groups is 1. The van der Waals surface area contributed by atoms with E-state index in [9.17, 15) is 13.2 Å². The number of hydrogen-bond donors (Lipinski definition) is 1. The van der Waals surface area contributed by atoms with Crippen molar-refractivity contribution in [1.29, 1.82) is 0 Å². The lowest BCUT2D eigenvalue weighted by Gasteiger charge is -2.33. The van der Waals surface area contributed by atoms with E-state index in [1.807, 2.05) is 0 Å². The summed E-state index contributed by atoms with van der Waals surface area (Å²) in [5.41, 5.74) is 0.554. The van der Waals surface area contributed by atoms with Crippen LogP contribution >= 0.6 is 0 Å². The van der Waals surface area contributed by atoms with E-state index in [2.05, 4.69) is 20.3 Å². The molecular weight excluding hydrogens is 408 g/mol. The molecule has 2 aliphatic rings. The molecule has 0 aliphatic carbocycles. The highest BCUT2D eigenvalue weighted by atomic mass is 32.2. The molecule has 0 spiro atoms. The van der Waals surface area contributed by atoms with Gasteiger partial charge in [-0.15, -0.1) is 0 Å². The highest BCUT2D eigenvalue weighted by Crippen LogP contribution is 2.22. The minimum absolute atomic E-state index is 0.0925. The first-order valence-electron chi connectivity index (χ1n) is 10.0. The minimum atomic E-state index is -3.54. The Balaban J connectivity index is 1.33. The molecule has 1 N–H and O–H groups in total. The molecule has 4 heterocycles. The topological polar surface area (TPSA) is 110 Å². The van der Waals surface area contributed by atoms with E-state index >= 15 is 0 Å². The van der Waals surface area contributed by atoms with Crippen LogP contribution in [0, 0.1) is 0 Å². The van der Waals surface area contributed by atoms with Crippen molar-refractivity contribution in [3.63, 3.8) is 0 Å². The quantitative estimate of drug-likeness (QED) is 0.718. The van der Waals surface area contributed by atoms with Crippen LogP contribution in [0.1, 0.15) is 23.2 Å². The summed E-state index contributed by atoms with van der Waals surface area (Å²) >= 11 is 0. The van der Waals surface area contributed by atoms with Crippen molar-refractivity contribution in [3.8, 4) is 0 Å². The van der Waals surface area contributed by atoms with Crippen molar-refractivity contribution < 1.29 is 17.9 Å². The van der Waals surface area contributed by atoms with Crippen LogP contribution in [0.15, 0.2) is 35.6 Å². The van der Waals surface area contributed by atoms with E-state index in [4.69, 9.17) is 4.74 Å². The Hall–Kier alpha value is -2.50. The Labute approximate surface area is 175 Å². The number of piperidine rings is 1. The molecule has 2 fully saturated rings. The first kappa shape index (κ1) is 20.8. The van der Waals surface area contributed by atoms with Crippen molar-refractivity contribution >= 4 is 21.7 Å². The fraction of sp³-hybridized carbons (Fsp3) is 0.526. The maximum atomic E-state index is 12.7. The van der Waals surface area contributed by atoms with Gasteiger partial charge < -0.3 is 15.0 Å². The number of nitrogens with zero attached hydrogens (tertiary/aromatic N) is 5. The molecule has 0 aromatic carbocycles. The number of carbonyl (C=O) groups excluding carboxylic acids is 1. The van der Waals surface area contributed by atoms with Crippen LogP contribution in [0.2, 0.25) is 0 Å². The van der Waals surface area contributed by atoms with Crippen LogP contribution in [-0.4, -0.2) is 78.8 Å². The number of sulfonamides is 1. The second-order valence-electron chi connectivity index (χ2n) is 7.51. The van der Waals surface area contributed by atoms with Gasteiger partial charge in [0.25, 0.3) is 5.91 Å².